The summed E-state index contributed by atoms with van der Waals surface area (Å²) in [5.74, 6) is 1.61. The van der Waals surface area contributed by atoms with Crippen molar-refractivity contribution >= 4 is 5.91 Å². The third kappa shape index (κ3) is 4.55. The molecule has 0 aliphatic carbocycles. The Morgan fingerprint density at radius 1 is 1.26 bits per heavy atom. The maximum Gasteiger partial charge on any atom is 0.236 e. The Kier molecular flexibility index (Phi) is 6.14. The topological polar surface area (TPSA) is 68.5 Å². The molecule has 6 nitrogen and oxygen atoms in total. The van der Waals surface area contributed by atoms with E-state index in [4.69, 9.17) is 9.26 Å². The number of hydrogen-bond acceptors (Lipinski definition) is 5. The molecule has 0 bridgehead atoms. The number of rotatable bonds is 8. The highest BCUT2D eigenvalue weighted by molar-refractivity contribution is 5.77. The molecule has 1 heterocycles. The van der Waals surface area contributed by atoms with Gasteiger partial charge in [-0.3, -0.25) is 4.79 Å². The SMILES string of the molecule is CCCCN(CC)C(=O)Cc1nc(-c2ccc(OC)cc2)no1. The first-order valence-electron chi connectivity index (χ1n) is 7.92. The molecular formula is C17H23N3O3. The number of likely N-dealkylation sites (N-methyl/N-ethyl adjacent to an activating group) is 1. The van der Waals surface area contributed by atoms with Crippen molar-refractivity contribution in [3.8, 4) is 17.1 Å². The number of ether oxygens (including phenoxy) is 1. The van der Waals surface area contributed by atoms with Crippen molar-refractivity contribution in [2.75, 3.05) is 20.2 Å². The van der Waals surface area contributed by atoms with Gasteiger partial charge < -0.3 is 14.2 Å². The number of hydrogen-bond donors (Lipinski definition) is 0. The Morgan fingerprint density at radius 2 is 2.00 bits per heavy atom. The van der Waals surface area contributed by atoms with Crippen LogP contribution in [0.25, 0.3) is 11.4 Å². The fourth-order valence-electron chi connectivity index (χ4n) is 2.23. The smallest absolute Gasteiger partial charge is 0.236 e. The fraction of sp³-hybridized carbons (Fsp3) is 0.471. The molecule has 0 spiro atoms. The van der Waals surface area contributed by atoms with Crippen LogP contribution in [0.3, 0.4) is 0 Å². The Balaban J connectivity index is 2.02. The average Bonchev–Trinajstić information content (AvgIpc) is 3.04. The maximum atomic E-state index is 12.3. The Bertz CT molecular complexity index is 622. The number of carbonyl (C=O) groups is 1. The van der Waals surface area contributed by atoms with E-state index in [0.29, 0.717) is 18.3 Å². The largest absolute Gasteiger partial charge is 0.497 e. The number of benzene rings is 1. The number of aromatic nitrogens is 2. The van der Waals surface area contributed by atoms with E-state index in [2.05, 4.69) is 17.1 Å². The van der Waals surface area contributed by atoms with Crippen molar-refractivity contribution in [2.24, 2.45) is 0 Å². The van der Waals surface area contributed by atoms with Crippen LogP contribution >= 0.6 is 0 Å². The first-order chi connectivity index (χ1) is 11.2. The maximum absolute atomic E-state index is 12.3. The minimum atomic E-state index is 0.0193. The van der Waals surface area contributed by atoms with Crippen LogP contribution in [0.1, 0.15) is 32.6 Å². The summed E-state index contributed by atoms with van der Waals surface area (Å²) in [6.45, 7) is 5.55. The van der Waals surface area contributed by atoms with Gasteiger partial charge in [0.25, 0.3) is 0 Å². The van der Waals surface area contributed by atoms with Gasteiger partial charge in [-0.05, 0) is 37.6 Å². The highest BCUT2D eigenvalue weighted by atomic mass is 16.5. The van der Waals surface area contributed by atoms with Crippen molar-refractivity contribution in [3.05, 3.63) is 30.2 Å². The third-order valence-electron chi connectivity index (χ3n) is 3.63. The molecule has 1 amide bonds. The van der Waals surface area contributed by atoms with E-state index in [-0.39, 0.29) is 12.3 Å². The van der Waals surface area contributed by atoms with E-state index in [0.717, 1.165) is 30.7 Å². The second-order valence-corrected chi connectivity index (χ2v) is 5.24. The second-order valence-electron chi connectivity index (χ2n) is 5.24. The Labute approximate surface area is 136 Å². The molecule has 23 heavy (non-hydrogen) atoms. The van der Waals surface area contributed by atoms with Crippen LogP contribution in [-0.2, 0) is 11.2 Å². The fourth-order valence-corrected chi connectivity index (χ4v) is 2.23. The first-order valence-corrected chi connectivity index (χ1v) is 7.92. The zero-order valence-corrected chi connectivity index (χ0v) is 13.9. The molecule has 6 heteroatoms. The standard InChI is InChI=1S/C17H23N3O3/c1-4-6-11-20(5-2)16(21)12-15-18-17(19-23-15)13-7-9-14(22-3)10-8-13/h7-10H,4-6,11-12H2,1-3H3. The van der Waals surface area contributed by atoms with Gasteiger partial charge in [0.05, 0.1) is 7.11 Å². The molecule has 0 aliphatic rings. The van der Waals surface area contributed by atoms with Crippen molar-refractivity contribution in [1.29, 1.82) is 0 Å². The zero-order chi connectivity index (χ0) is 16.7. The van der Waals surface area contributed by atoms with E-state index < -0.39 is 0 Å². The van der Waals surface area contributed by atoms with E-state index in [1.807, 2.05) is 36.1 Å². The zero-order valence-electron chi connectivity index (χ0n) is 13.9. The summed E-state index contributed by atoms with van der Waals surface area (Å²) in [6, 6.07) is 7.38. The van der Waals surface area contributed by atoms with E-state index >= 15 is 0 Å². The lowest BCUT2D eigenvalue weighted by molar-refractivity contribution is -0.130. The van der Waals surface area contributed by atoms with Gasteiger partial charge in [-0.25, -0.2) is 0 Å². The van der Waals surface area contributed by atoms with Crippen LogP contribution in [0.15, 0.2) is 28.8 Å². The lowest BCUT2D eigenvalue weighted by Crippen LogP contribution is -2.33. The quantitative estimate of drug-likeness (QED) is 0.749. The van der Waals surface area contributed by atoms with Crippen molar-refractivity contribution in [3.63, 3.8) is 0 Å². The Hall–Kier alpha value is -2.37. The van der Waals surface area contributed by atoms with Crippen LogP contribution in [0.4, 0.5) is 0 Å². The molecule has 2 aromatic rings. The summed E-state index contributed by atoms with van der Waals surface area (Å²) in [6.07, 6.45) is 2.20. The number of methoxy groups -OCH3 is 1. The number of unbranched alkanes of at least 4 members (excludes halogenated alkanes) is 1. The highest BCUT2D eigenvalue weighted by Crippen LogP contribution is 2.19. The molecule has 0 radical (unpaired) electrons. The van der Waals surface area contributed by atoms with Crippen LogP contribution < -0.4 is 4.74 Å². The molecule has 0 N–H and O–H groups in total. The lowest BCUT2D eigenvalue weighted by Gasteiger charge is -2.19. The molecule has 0 saturated heterocycles. The van der Waals surface area contributed by atoms with Crippen molar-refractivity contribution in [1.82, 2.24) is 15.0 Å². The number of carbonyl (C=O) groups excluding carboxylic acids is 1. The highest BCUT2D eigenvalue weighted by Gasteiger charge is 2.17. The molecule has 0 saturated carbocycles. The van der Waals surface area contributed by atoms with Crippen molar-refractivity contribution in [2.45, 2.75) is 33.1 Å². The molecule has 0 fully saturated rings. The normalized spacial score (nSPS) is 10.6. The van der Waals surface area contributed by atoms with Crippen LogP contribution in [0.2, 0.25) is 0 Å². The van der Waals surface area contributed by atoms with E-state index in [1.54, 1.807) is 7.11 Å². The van der Waals surface area contributed by atoms with Crippen LogP contribution in [0, 0.1) is 0 Å². The van der Waals surface area contributed by atoms with Gasteiger partial charge in [-0.2, -0.15) is 4.98 Å². The Morgan fingerprint density at radius 3 is 2.61 bits per heavy atom. The third-order valence-corrected chi connectivity index (χ3v) is 3.63. The second kappa shape index (κ2) is 8.31. The van der Waals surface area contributed by atoms with Gasteiger partial charge in [0.2, 0.25) is 17.6 Å². The molecule has 1 aromatic heterocycles. The minimum Gasteiger partial charge on any atom is -0.497 e. The van der Waals surface area contributed by atoms with Gasteiger partial charge in [-0.15, -0.1) is 0 Å². The molecule has 0 atom stereocenters. The summed E-state index contributed by atoms with van der Waals surface area (Å²) in [7, 11) is 1.62. The molecule has 0 unspecified atom stereocenters. The number of amides is 1. The van der Waals surface area contributed by atoms with Gasteiger partial charge in [0, 0.05) is 18.7 Å². The van der Waals surface area contributed by atoms with E-state index in [1.165, 1.54) is 0 Å². The summed E-state index contributed by atoms with van der Waals surface area (Å²) in [4.78, 5) is 18.4. The van der Waals surface area contributed by atoms with Gasteiger partial charge in [0.1, 0.15) is 12.2 Å². The summed E-state index contributed by atoms with van der Waals surface area (Å²) in [5.41, 5.74) is 0.826. The van der Waals surface area contributed by atoms with Crippen LogP contribution in [0.5, 0.6) is 5.75 Å². The van der Waals surface area contributed by atoms with Gasteiger partial charge in [0.15, 0.2) is 0 Å². The minimum absolute atomic E-state index is 0.0193. The van der Waals surface area contributed by atoms with Gasteiger partial charge >= 0.3 is 0 Å². The lowest BCUT2D eigenvalue weighted by atomic mass is 10.2. The predicted molar refractivity (Wildman–Crippen MR) is 87.2 cm³/mol. The number of nitrogens with zero attached hydrogens (tertiary/aromatic N) is 3. The van der Waals surface area contributed by atoms with Crippen molar-refractivity contribution < 1.29 is 14.1 Å². The molecular weight excluding hydrogens is 294 g/mol. The average molecular weight is 317 g/mol. The molecule has 124 valence electrons. The summed E-state index contributed by atoms with van der Waals surface area (Å²) >= 11 is 0. The summed E-state index contributed by atoms with van der Waals surface area (Å²) in [5, 5.41) is 3.94. The summed E-state index contributed by atoms with van der Waals surface area (Å²) < 4.78 is 10.3. The molecule has 1 aromatic carbocycles. The van der Waals surface area contributed by atoms with Crippen LogP contribution in [-0.4, -0.2) is 41.1 Å². The van der Waals surface area contributed by atoms with E-state index in [9.17, 15) is 4.79 Å². The first kappa shape index (κ1) is 17.0. The monoisotopic (exact) mass is 317 g/mol. The molecule has 0 aliphatic heterocycles. The molecule has 2 rings (SSSR count). The predicted octanol–water partition coefficient (Wildman–Crippen LogP) is 2.94. The van der Waals surface area contributed by atoms with Gasteiger partial charge in [-0.1, -0.05) is 18.5 Å².